The first-order valence-electron chi connectivity index (χ1n) is 5.54. The van der Waals surface area contributed by atoms with Gasteiger partial charge in [0, 0.05) is 18.4 Å². The van der Waals surface area contributed by atoms with Crippen molar-refractivity contribution in [1.29, 1.82) is 0 Å². The molecule has 6 nitrogen and oxygen atoms in total. The van der Waals surface area contributed by atoms with Crippen molar-refractivity contribution in [2.45, 2.75) is 12.2 Å². The van der Waals surface area contributed by atoms with Crippen molar-refractivity contribution in [3.05, 3.63) is 35.4 Å². The largest absolute Gasteiger partial charge is 0.481 e. The Morgan fingerprint density at radius 2 is 1.79 bits per heavy atom. The fourth-order valence-electron chi connectivity index (χ4n) is 1.44. The van der Waals surface area contributed by atoms with E-state index in [1.165, 1.54) is 12.1 Å². The van der Waals surface area contributed by atoms with Crippen molar-refractivity contribution >= 4 is 21.7 Å². The molecule has 7 heteroatoms. The predicted octanol–water partition coefficient (Wildman–Crippen LogP) is 0.436. The molecule has 0 bridgehead atoms. The van der Waals surface area contributed by atoms with Crippen molar-refractivity contribution in [2.75, 3.05) is 12.8 Å². The van der Waals surface area contributed by atoms with Crippen molar-refractivity contribution < 1.29 is 23.1 Å². The third-order valence-electron chi connectivity index (χ3n) is 2.27. The molecule has 1 amide bonds. The maximum Gasteiger partial charge on any atom is 0.305 e. The SMILES string of the molecule is CS(=O)(=O)Cc1ccc(C(=O)NCCC(=O)O)cc1. The summed E-state index contributed by atoms with van der Waals surface area (Å²) in [5.74, 6) is -1.44. The van der Waals surface area contributed by atoms with Crippen LogP contribution in [0.4, 0.5) is 0 Å². The van der Waals surface area contributed by atoms with Crippen LogP contribution in [0.5, 0.6) is 0 Å². The van der Waals surface area contributed by atoms with E-state index in [9.17, 15) is 18.0 Å². The normalized spacial score (nSPS) is 11.0. The molecule has 0 saturated carbocycles. The minimum atomic E-state index is -3.10. The van der Waals surface area contributed by atoms with Gasteiger partial charge >= 0.3 is 5.97 Å². The van der Waals surface area contributed by atoms with Crippen LogP contribution in [0.15, 0.2) is 24.3 Å². The highest BCUT2D eigenvalue weighted by Gasteiger charge is 2.08. The number of amides is 1. The van der Waals surface area contributed by atoms with Gasteiger partial charge in [0.05, 0.1) is 12.2 Å². The van der Waals surface area contributed by atoms with Gasteiger partial charge in [0.1, 0.15) is 0 Å². The molecule has 2 N–H and O–H groups in total. The highest BCUT2D eigenvalue weighted by atomic mass is 32.2. The second-order valence-corrected chi connectivity index (χ2v) is 6.31. The molecule has 0 aliphatic rings. The predicted molar refractivity (Wildman–Crippen MR) is 69.6 cm³/mol. The number of nitrogens with one attached hydrogen (secondary N) is 1. The van der Waals surface area contributed by atoms with Crippen molar-refractivity contribution in [3.63, 3.8) is 0 Å². The van der Waals surface area contributed by atoms with Crippen molar-refractivity contribution in [3.8, 4) is 0 Å². The molecule has 0 saturated heterocycles. The molecule has 0 aromatic heterocycles. The topological polar surface area (TPSA) is 101 Å². The summed E-state index contributed by atoms with van der Waals surface area (Å²) < 4.78 is 22.2. The minimum Gasteiger partial charge on any atom is -0.481 e. The number of carbonyl (C=O) groups is 2. The van der Waals surface area contributed by atoms with Crippen molar-refractivity contribution in [2.24, 2.45) is 0 Å². The molecule has 19 heavy (non-hydrogen) atoms. The number of hydrogen-bond donors (Lipinski definition) is 2. The standard InChI is InChI=1S/C12H15NO5S/c1-19(17,18)8-9-2-4-10(5-3-9)12(16)13-7-6-11(14)15/h2-5H,6-8H2,1H3,(H,13,16)(H,14,15). The Kier molecular flexibility index (Phi) is 5.05. The van der Waals surface area contributed by atoms with Crippen LogP contribution in [0.1, 0.15) is 22.3 Å². The molecule has 0 spiro atoms. The van der Waals surface area contributed by atoms with E-state index >= 15 is 0 Å². The molecular weight excluding hydrogens is 270 g/mol. The maximum atomic E-state index is 11.6. The molecular formula is C12H15NO5S. The molecule has 1 aromatic rings. The summed E-state index contributed by atoms with van der Waals surface area (Å²) in [6, 6.07) is 6.15. The van der Waals surface area contributed by atoms with E-state index in [1.54, 1.807) is 12.1 Å². The van der Waals surface area contributed by atoms with E-state index in [-0.39, 0.29) is 24.6 Å². The van der Waals surface area contributed by atoms with Gasteiger partial charge in [-0.2, -0.15) is 0 Å². The average molecular weight is 285 g/mol. The van der Waals surface area contributed by atoms with Gasteiger partial charge in [-0.05, 0) is 17.7 Å². The van der Waals surface area contributed by atoms with Gasteiger partial charge in [0.15, 0.2) is 9.84 Å². The van der Waals surface area contributed by atoms with Gasteiger partial charge in [-0.25, -0.2) is 8.42 Å². The molecule has 104 valence electrons. The van der Waals surface area contributed by atoms with E-state index in [2.05, 4.69) is 5.32 Å². The van der Waals surface area contributed by atoms with Gasteiger partial charge < -0.3 is 10.4 Å². The zero-order chi connectivity index (χ0) is 14.5. The third-order valence-corrected chi connectivity index (χ3v) is 3.13. The maximum absolute atomic E-state index is 11.6. The lowest BCUT2D eigenvalue weighted by molar-refractivity contribution is -0.136. The number of benzene rings is 1. The summed E-state index contributed by atoms with van der Waals surface area (Å²) >= 11 is 0. The summed E-state index contributed by atoms with van der Waals surface area (Å²) in [6.45, 7) is 0.0548. The van der Waals surface area contributed by atoms with E-state index in [0.29, 0.717) is 11.1 Å². The molecule has 0 aliphatic heterocycles. The summed E-state index contributed by atoms with van der Waals surface area (Å²) in [6.07, 6.45) is 0.997. The molecule has 0 fully saturated rings. The van der Waals surface area contributed by atoms with Crippen LogP contribution in [-0.4, -0.2) is 38.2 Å². The number of aliphatic carboxylic acids is 1. The Morgan fingerprint density at radius 3 is 2.26 bits per heavy atom. The minimum absolute atomic E-state index is 0.0548. The van der Waals surface area contributed by atoms with Crippen LogP contribution in [0.25, 0.3) is 0 Å². The van der Waals surface area contributed by atoms with Gasteiger partial charge in [-0.15, -0.1) is 0 Å². The van der Waals surface area contributed by atoms with Gasteiger partial charge in [-0.3, -0.25) is 9.59 Å². The highest BCUT2D eigenvalue weighted by molar-refractivity contribution is 7.89. The molecule has 0 heterocycles. The number of carboxylic acids is 1. The Morgan fingerprint density at radius 1 is 1.21 bits per heavy atom. The number of carboxylic acid groups (broad SMARTS) is 1. The quantitative estimate of drug-likeness (QED) is 0.789. The van der Waals surface area contributed by atoms with Crippen molar-refractivity contribution in [1.82, 2.24) is 5.32 Å². The molecule has 1 aromatic carbocycles. The number of sulfone groups is 1. The smallest absolute Gasteiger partial charge is 0.305 e. The van der Waals surface area contributed by atoms with E-state index in [0.717, 1.165) is 6.26 Å². The zero-order valence-electron chi connectivity index (χ0n) is 10.4. The highest BCUT2D eigenvalue weighted by Crippen LogP contribution is 2.07. The molecule has 1 rings (SSSR count). The number of carbonyl (C=O) groups excluding carboxylic acids is 1. The summed E-state index contributed by atoms with van der Waals surface area (Å²) in [4.78, 5) is 21.9. The van der Waals surface area contributed by atoms with Crippen LogP contribution in [-0.2, 0) is 20.4 Å². The van der Waals surface area contributed by atoms with E-state index in [4.69, 9.17) is 5.11 Å². The summed E-state index contributed by atoms with van der Waals surface area (Å²) in [5, 5.41) is 10.9. The lowest BCUT2D eigenvalue weighted by Gasteiger charge is -2.04. The third kappa shape index (κ3) is 6.01. The monoisotopic (exact) mass is 285 g/mol. The summed E-state index contributed by atoms with van der Waals surface area (Å²) in [5.41, 5.74) is 0.965. The zero-order valence-corrected chi connectivity index (χ0v) is 11.2. The fourth-order valence-corrected chi connectivity index (χ4v) is 2.24. The molecule has 0 atom stereocenters. The Bertz CT molecular complexity index is 562. The van der Waals surface area contributed by atoms with E-state index in [1.807, 2.05) is 0 Å². The number of hydrogen-bond acceptors (Lipinski definition) is 4. The van der Waals surface area contributed by atoms with Gasteiger partial charge in [0.25, 0.3) is 5.91 Å². The van der Waals surface area contributed by atoms with E-state index < -0.39 is 15.8 Å². The van der Waals surface area contributed by atoms with Crippen LogP contribution in [0.2, 0.25) is 0 Å². The van der Waals surface area contributed by atoms with Crippen LogP contribution in [0.3, 0.4) is 0 Å². The number of rotatable bonds is 6. The van der Waals surface area contributed by atoms with Crippen LogP contribution < -0.4 is 5.32 Å². The Hall–Kier alpha value is -1.89. The van der Waals surface area contributed by atoms with Gasteiger partial charge in [-0.1, -0.05) is 12.1 Å². The molecule has 0 aliphatic carbocycles. The first-order chi connectivity index (χ1) is 8.78. The fraction of sp³-hybridized carbons (Fsp3) is 0.333. The molecule has 0 radical (unpaired) electrons. The molecule has 0 unspecified atom stereocenters. The lowest BCUT2D eigenvalue weighted by Crippen LogP contribution is -2.25. The lowest BCUT2D eigenvalue weighted by atomic mass is 10.1. The van der Waals surface area contributed by atoms with Crippen LogP contribution >= 0.6 is 0 Å². The Labute approximate surface area is 111 Å². The second-order valence-electron chi connectivity index (χ2n) is 4.17. The average Bonchev–Trinajstić information content (AvgIpc) is 2.27. The van der Waals surface area contributed by atoms with Gasteiger partial charge in [0.2, 0.25) is 0 Å². The summed E-state index contributed by atoms with van der Waals surface area (Å²) in [7, 11) is -3.10. The first-order valence-corrected chi connectivity index (χ1v) is 7.60. The van der Waals surface area contributed by atoms with Crippen LogP contribution in [0, 0.1) is 0 Å². The Balaban J connectivity index is 2.60. The second kappa shape index (κ2) is 6.33. The first kappa shape index (κ1) is 15.2.